The third-order valence-corrected chi connectivity index (χ3v) is 13.8. The number of hydrogen-bond acceptors (Lipinski definition) is 5. The predicted octanol–water partition coefficient (Wildman–Crippen LogP) is 17.7. The summed E-state index contributed by atoms with van der Waals surface area (Å²) in [6, 6.07) is 69.3. The molecular formula is C64H39N3O3. The molecule has 0 aliphatic carbocycles. The lowest BCUT2D eigenvalue weighted by molar-refractivity contribution is 0.653. The van der Waals surface area contributed by atoms with Crippen LogP contribution in [0.15, 0.2) is 227 Å². The molecule has 6 heteroatoms. The van der Waals surface area contributed by atoms with Gasteiger partial charge in [-0.2, -0.15) is 0 Å². The van der Waals surface area contributed by atoms with E-state index in [0.717, 1.165) is 133 Å². The van der Waals surface area contributed by atoms with E-state index in [0.29, 0.717) is 16.8 Å². The molecule has 0 fully saturated rings. The van der Waals surface area contributed by atoms with E-state index >= 15 is 0 Å². The van der Waals surface area contributed by atoms with Gasteiger partial charge >= 0.3 is 0 Å². The minimum absolute atomic E-state index is 0.468. The summed E-state index contributed by atoms with van der Waals surface area (Å²) in [7, 11) is 0. The number of benzene rings is 9. The van der Waals surface area contributed by atoms with Gasteiger partial charge in [0.05, 0.1) is 16.9 Å². The van der Waals surface area contributed by atoms with Crippen LogP contribution in [0.25, 0.3) is 151 Å². The summed E-state index contributed by atoms with van der Waals surface area (Å²) in [5.74, 6) is 0. The summed E-state index contributed by atoms with van der Waals surface area (Å²) in [5, 5.41) is 6.37. The normalized spacial score (nSPS) is 11.8. The molecule has 0 atom stereocenters. The number of hydrogen-bond donors (Lipinski definition) is 0. The second kappa shape index (κ2) is 15.5. The molecule has 0 aliphatic rings. The van der Waals surface area contributed by atoms with Crippen molar-refractivity contribution in [3.8, 4) is 61.6 Å². The minimum Gasteiger partial charge on any atom is -0.455 e. The van der Waals surface area contributed by atoms with Crippen molar-refractivity contribution in [2.24, 2.45) is 0 Å². The number of fused-ring (bicyclic) bond motifs is 10. The first-order chi connectivity index (χ1) is 34.6. The first kappa shape index (κ1) is 39.6. The molecule has 0 spiro atoms. The van der Waals surface area contributed by atoms with Gasteiger partial charge < -0.3 is 17.8 Å². The Morgan fingerprint density at radius 3 is 1.49 bits per heavy atom. The van der Waals surface area contributed by atoms with Gasteiger partial charge in [-0.05, 0) is 76.9 Å². The van der Waals surface area contributed by atoms with Crippen LogP contribution in [0.2, 0.25) is 0 Å². The van der Waals surface area contributed by atoms with E-state index in [9.17, 15) is 0 Å². The topological polar surface area (TPSA) is 70.1 Å². The van der Waals surface area contributed by atoms with Crippen molar-refractivity contribution >= 4 is 89.1 Å². The van der Waals surface area contributed by atoms with Crippen LogP contribution < -0.4 is 0 Å². The quantitative estimate of drug-likeness (QED) is 0.152. The van der Waals surface area contributed by atoms with Gasteiger partial charge in [0.2, 0.25) is 5.71 Å². The second-order valence-corrected chi connectivity index (χ2v) is 17.7. The fourth-order valence-electron chi connectivity index (χ4n) is 10.5. The van der Waals surface area contributed by atoms with Gasteiger partial charge in [0.25, 0.3) is 0 Å². The first-order valence-electron chi connectivity index (χ1n) is 23.4. The maximum absolute atomic E-state index is 6.57. The molecular weight excluding hydrogens is 859 g/mol. The molecule has 0 aliphatic heterocycles. The summed E-state index contributed by atoms with van der Waals surface area (Å²) >= 11 is 0. The van der Waals surface area contributed by atoms with Gasteiger partial charge in [-0.15, -0.1) is 0 Å². The van der Waals surface area contributed by atoms with Crippen LogP contribution in [-0.4, -0.2) is 14.5 Å². The van der Waals surface area contributed by atoms with Crippen LogP contribution in [0.1, 0.15) is 11.3 Å². The second-order valence-electron chi connectivity index (χ2n) is 17.7. The molecule has 5 aromatic heterocycles. The average Bonchev–Trinajstić information content (AvgIpc) is 4.19. The molecule has 14 aromatic rings. The third-order valence-electron chi connectivity index (χ3n) is 13.8. The first-order valence-corrected chi connectivity index (χ1v) is 23.4. The molecule has 14 rings (SSSR count). The van der Waals surface area contributed by atoms with Gasteiger partial charge in [-0.1, -0.05) is 171 Å². The van der Waals surface area contributed by atoms with E-state index in [4.69, 9.17) is 23.2 Å². The number of para-hydroxylation sites is 5. The van der Waals surface area contributed by atoms with Crippen molar-refractivity contribution in [1.82, 2.24) is 14.5 Å². The molecule has 328 valence electrons. The SMILES string of the molecule is C=Cc1c(C=C)n(-c2ccccc2)c2ccc(-c3ccc4oc5nc(-c6ccc(-c7cccc8c7oc7ccccc78)cc6)c(-c6ccc(-c7cccc8c7oc7ccccc78)cc6)nc5c4c3)cc12. The maximum atomic E-state index is 6.57. The predicted molar refractivity (Wildman–Crippen MR) is 288 cm³/mol. The fourth-order valence-corrected chi connectivity index (χ4v) is 10.5. The zero-order valence-electron chi connectivity index (χ0n) is 37.7. The maximum Gasteiger partial charge on any atom is 0.246 e. The van der Waals surface area contributed by atoms with Gasteiger partial charge in [-0.25, -0.2) is 9.97 Å². The minimum atomic E-state index is 0.468. The summed E-state index contributed by atoms with van der Waals surface area (Å²) < 4.78 is 21.7. The monoisotopic (exact) mass is 897 g/mol. The third kappa shape index (κ3) is 6.07. The van der Waals surface area contributed by atoms with Gasteiger partial charge in [0, 0.05) is 65.8 Å². The van der Waals surface area contributed by atoms with Gasteiger partial charge in [0.1, 0.15) is 39.1 Å². The highest BCUT2D eigenvalue weighted by Gasteiger charge is 2.22. The zero-order valence-corrected chi connectivity index (χ0v) is 37.7. The fraction of sp³-hybridized carbons (Fsp3) is 0. The Morgan fingerprint density at radius 1 is 0.386 bits per heavy atom. The molecule has 0 bridgehead atoms. The van der Waals surface area contributed by atoms with Crippen molar-refractivity contribution in [3.05, 3.63) is 225 Å². The highest BCUT2D eigenvalue weighted by atomic mass is 16.3. The van der Waals surface area contributed by atoms with Crippen molar-refractivity contribution in [2.45, 2.75) is 0 Å². The van der Waals surface area contributed by atoms with Crippen LogP contribution >= 0.6 is 0 Å². The van der Waals surface area contributed by atoms with Crippen molar-refractivity contribution < 1.29 is 13.3 Å². The van der Waals surface area contributed by atoms with E-state index in [2.05, 4.69) is 175 Å². The molecule has 5 heterocycles. The highest BCUT2D eigenvalue weighted by Crippen LogP contribution is 2.42. The van der Waals surface area contributed by atoms with E-state index in [1.807, 2.05) is 54.6 Å². The molecule has 0 unspecified atom stereocenters. The van der Waals surface area contributed by atoms with Crippen LogP contribution in [0.3, 0.4) is 0 Å². The largest absolute Gasteiger partial charge is 0.455 e. The Hall–Kier alpha value is -9.52. The summed E-state index contributed by atoms with van der Waals surface area (Å²) in [4.78, 5) is 10.8. The van der Waals surface area contributed by atoms with Crippen molar-refractivity contribution in [1.29, 1.82) is 0 Å². The zero-order chi connectivity index (χ0) is 46.5. The molecule has 0 saturated carbocycles. The molecule has 0 saturated heterocycles. The Labute approximate surface area is 401 Å². The highest BCUT2D eigenvalue weighted by molar-refractivity contribution is 6.11. The lowest BCUT2D eigenvalue weighted by atomic mass is 9.97. The van der Waals surface area contributed by atoms with Crippen molar-refractivity contribution in [2.75, 3.05) is 0 Å². The van der Waals surface area contributed by atoms with Crippen LogP contribution in [0.5, 0.6) is 0 Å². The number of furan rings is 3. The number of nitrogens with zero attached hydrogens (tertiary/aromatic N) is 3. The lowest BCUT2D eigenvalue weighted by Gasteiger charge is -2.11. The molecule has 6 nitrogen and oxygen atoms in total. The van der Waals surface area contributed by atoms with Gasteiger partial charge in [-0.3, -0.25) is 0 Å². The Balaban J connectivity index is 0.912. The van der Waals surface area contributed by atoms with Crippen LogP contribution in [-0.2, 0) is 0 Å². The number of rotatable bonds is 8. The smallest absolute Gasteiger partial charge is 0.246 e. The van der Waals surface area contributed by atoms with Gasteiger partial charge in [0.15, 0.2) is 0 Å². The van der Waals surface area contributed by atoms with Crippen LogP contribution in [0, 0.1) is 0 Å². The number of aromatic nitrogens is 3. The van der Waals surface area contributed by atoms with E-state index < -0.39 is 0 Å². The van der Waals surface area contributed by atoms with E-state index in [1.54, 1.807) is 0 Å². The van der Waals surface area contributed by atoms with E-state index in [-0.39, 0.29) is 0 Å². The molecule has 9 aromatic carbocycles. The van der Waals surface area contributed by atoms with Crippen molar-refractivity contribution in [3.63, 3.8) is 0 Å². The molecule has 70 heavy (non-hydrogen) atoms. The molecule has 0 amide bonds. The Kier molecular flexibility index (Phi) is 8.79. The lowest BCUT2D eigenvalue weighted by Crippen LogP contribution is -1.96. The van der Waals surface area contributed by atoms with Crippen LogP contribution in [0.4, 0.5) is 0 Å². The molecule has 0 radical (unpaired) electrons. The van der Waals surface area contributed by atoms with E-state index in [1.165, 1.54) is 0 Å². The molecule has 0 N–H and O–H groups in total. The standard InChI is InChI=1S/C64H39N3O3/c1-3-45-52-36-42(32-34-55(52)67(54(45)4-2)44-14-6-5-7-15-44)43-33-35-58-53(37-43)61-64(70-58)66-60(41-30-26-39(27-31-41)47-19-13-21-51-49-17-9-11-23-57(49)69-63(47)51)59(65-61)40-28-24-38(25-29-40)46-18-12-20-50-48-16-8-10-22-56(48)68-62(46)50/h3-37H,1-2H2. The Morgan fingerprint density at radius 2 is 0.886 bits per heavy atom. The Bertz CT molecular complexity index is 4430. The summed E-state index contributed by atoms with van der Waals surface area (Å²) in [6.45, 7) is 8.39. The summed E-state index contributed by atoms with van der Waals surface area (Å²) in [5.41, 5.74) is 19.1. The summed E-state index contributed by atoms with van der Waals surface area (Å²) in [6.07, 6.45) is 3.83. The average molecular weight is 898 g/mol.